The maximum absolute atomic E-state index is 12.3. The van der Waals surface area contributed by atoms with Crippen LogP contribution >= 0.6 is 34.5 Å². The Morgan fingerprint density at radius 1 is 1.36 bits per heavy atom. The summed E-state index contributed by atoms with van der Waals surface area (Å²) in [6.07, 6.45) is 1.72. The fraction of sp³-hybridized carbons (Fsp3) is 0.188. The number of nitro groups is 1. The molecular formula is C16H16Cl2N3O3S+. The van der Waals surface area contributed by atoms with Crippen LogP contribution in [0.15, 0.2) is 43.0 Å². The molecule has 1 unspecified atom stereocenters. The van der Waals surface area contributed by atoms with Gasteiger partial charge in [-0.25, -0.2) is 0 Å². The van der Waals surface area contributed by atoms with E-state index in [4.69, 9.17) is 23.2 Å². The SMILES string of the molecule is C=CC[NH+](CC(=O)Nc1cc(Cl)ccc1[N+](=O)[O-])Cc1ccc(Cl)s1. The van der Waals surface area contributed by atoms with Crippen LogP contribution in [0.1, 0.15) is 4.88 Å². The zero-order chi connectivity index (χ0) is 18.4. The van der Waals surface area contributed by atoms with Gasteiger partial charge in [-0.1, -0.05) is 29.8 Å². The molecule has 0 bridgehead atoms. The molecule has 0 saturated heterocycles. The van der Waals surface area contributed by atoms with Crippen molar-refractivity contribution in [3.05, 3.63) is 67.3 Å². The number of benzene rings is 1. The lowest BCUT2D eigenvalue weighted by molar-refractivity contribution is -0.899. The van der Waals surface area contributed by atoms with E-state index in [9.17, 15) is 14.9 Å². The van der Waals surface area contributed by atoms with Gasteiger partial charge in [0.15, 0.2) is 6.54 Å². The monoisotopic (exact) mass is 400 g/mol. The lowest BCUT2D eigenvalue weighted by Gasteiger charge is -2.16. The fourth-order valence-corrected chi connectivity index (χ4v) is 3.62. The number of thiophene rings is 1. The average Bonchev–Trinajstić information content (AvgIpc) is 2.92. The summed E-state index contributed by atoms with van der Waals surface area (Å²) in [5, 5.41) is 13.9. The summed E-state index contributed by atoms with van der Waals surface area (Å²) >= 11 is 13.2. The molecule has 2 rings (SSSR count). The number of hydrogen-bond donors (Lipinski definition) is 2. The molecule has 6 nitrogen and oxygen atoms in total. The molecule has 132 valence electrons. The standard InChI is InChI=1S/C16H15Cl2N3O3S/c1-2-7-20(9-12-4-6-15(18)25-12)10-16(22)19-13-8-11(17)3-5-14(13)21(23)24/h2-6,8H,1,7,9-10H2,(H,19,22)/p+1. The largest absolute Gasteiger partial charge is 0.319 e. The van der Waals surface area contributed by atoms with E-state index in [2.05, 4.69) is 11.9 Å². The Kier molecular flexibility index (Phi) is 6.95. The summed E-state index contributed by atoms with van der Waals surface area (Å²) < 4.78 is 0.687. The van der Waals surface area contributed by atoms with Gasteiger partial charge in [-0.2, -0.15) is 0 Å². The lowest BCUT2D eigenvalue weighted by Crippen LogP contribution is -3.11. The van der Waals surface area contributed by atoms with Crippen molar-refractivity contribution in [2.24, 2.45) is 0 Å². The van der Waals surface area contributed by atoms with Crippen LogP contribution in [0.5, 0.6) is 0 Å². The van der Waals surface area contributed by atoms with Crippen LogP contribution < -0.4 is 10.2 Å². The molecule has 1 aromatic heterocycles. The van der Waals surface area contributed by atoms with E-state index in [1.807, 2.05) is 12.1 Å². The minimum Gasteiger partial charge on any atom is -0.319 e. The van der Waals surface area contributed by atoms with Crippen molar-refractivity contribution in [2.45, 2.75) is 6.54 Å². The molecule has 1 atom stereocenters. The van der Waals surface area contributed by atoms with Gasteiger partial charge in [0.05, 0.1) is 20.7 Å². The van der Waals surface area contributed by atoms with Crippen molar-refractivity contribution in [1.82, 2.24) is 0 Å². The van der Waals surface area contributed by atoms with E-state index in [1.165, 1.54) is 29.5 Å². The number of nitro benzene ring substituents is 1. The highest BCUT2D eigenvalue weighted by atomic mass is 35.5. The van der Waals surface area contributed by atoms with E-state index in [0.29, 0.717) is 22.4 Å². The normalized spacial score (nSPS) is 11.8. The third-order valence-electron chi connectivity index (χ3n) is 3.33. The highest BCUT2D eigenvalue weighted by molar-refractivity contribution is 7.16. The predicted octanol–water partition coefficient (Wildman–Crippen LogP) is 3.17. The minimum atomic E-state index is -0.562. The topological polar surface area (TPSA) is 76.7 Å². The number of halogens is 2. The van der Waals surface area contributed by atoms with E-state index in [1.54, 1.807) is 6.08 Å². The lowest BCUT2D eigenvalue weighted by atomic mass is 10.2. The number of nitrogens with zero attached hydrogens (tertiary/aromatic N) is 1. The average molecular weight is 401 g/mol. The van der Waals surface area contributed by atoms with Crippen molar-refractivity contribution in [2.75, 3.05) is 18.4 Å². The second kappa shape index (κ2) is 8.96. The first kappa shape index (κ1) is 19.4. The van der Waals surface area contributed by atoms with Crippen molar-refractivity contribution in [1.29, 1.82) is 0 Å². The van der Waals surface area contributed by atoms with Crippen LogP contribution in [0.4, 0.5) is 11.4 Å². The van der Waals surface area contributed by atoms with E-state index < -0.39 is 4.92 Å². The molecule has 0 aliphatic heterocycles. The number of quaternary nitrogens is 1. The maximum Gasteiger partial charge on any atom is 0.292 e. The first-order valence-corrected chi connectivity index (χ1v) is 8.88. The smallest absolute Gasteiger partial charge is 0.292 e. The molecule has 0 saturated carbocycles. The van der Waals surface area contributed by atoms with Gasteiger partial charge < -0.3 is 10.2 Å². The Morgan fingerprint density at radius 3 is 2.72 bits per heavy atom. The molecule has 0 radical (unpaired) electrons. The van der Waals surface area contributed by atoms with Crippen LogP contribution in [0.2, 0.25) is 9.36 Å². The summed E-state index contributed by atoms with van der Waals surface area (Å²) in [4.78, 5) is 24.8. The molecule has 1 aromatic carbocycles. The molecule has 0 spiro atoms. The number of amides is 1. The first-order valence-electron chi connectivity index (χ1n) is 7.31. The van der Waals surface area contributed by atoms with Crippen molar-refractivity contribution in [3.63, 3.8) is 0 Å². The van der Waals surface area contributed by atoms with E-state index in [0.717, 1.165) is 9.78 Å². The molecule has 2 N–H and O–H groups in total. The number of hydrogen-bond acceptors (Lipinski definition) is 4. The zero-order valence-corrected chi connectivity index (χ0v) is 15.5. The number of carbonyl (C=O) groups is 1. The van der Waals surface area contributed by atoms with E-state index >= 15 is 0 Å². The van der Waals surface area contributed by atoms with Crippen molar-refractivity contribution >= 4 is 51.8 Å². The van der Waals surface area contributed by atoms with Gasteiger partial charge in [0.1, 0.15) is 12.2 Å². The maximum atomic E-state index is 12.3. The molecular weight excluding hydrogens is 385 g/mol. The second-order valence-electron chi connectivity index (χ2n) is 5.27. The molecule has 9 heteroatoms. The third kappa shape index (κ3) is 5.82. The van der Waals surface area contributed by atoms with Crippen LogP contribution in [-0.4, -0.2) is 23.9 Å². The van der Waals surface area contributed by atoms with Crippen molar-refractivity contribution in [3.8, 4) is 0 Å². The molecule has 2 aromatic rings. The number of carbonyl (C=O) groups excluding carboxylic acids is 1. The Hall–Kier alpha value is -1.93. The molecule has 0 aliphatic rings. The Morgan fingerprint density at radius 2 is 2.12 bits per heavy atom. The molecule has 0 aliphatic carbocycles. The quantitative estimate of drug-likeness (QED) is 0.405. The van der Waals surface area contributed by atoms with Crippen LogP contribution in [0, 0.1) is 10.1 Å². The summed E-state index contributed by atoms with van der Waals surface area (Å²) in [7, 11) is 0. The second-order valence-corrected chi connectivity index (χ2v) is 7.51. The van der Waals surface area contributed by atoms with Crippen LogP contribution in [-0.2, 0) is 11.3 Å². The Labute approximate surface area is 158 Å². The number of nitrogens with one attached hydrogen (secondary N) is 2. The summed E-state index contributed by atoms with van der Waals surface area (Å²) in [5.74, 6) is -0.343. The van der Waals surface area contributed by atoms with Gasteiger partial charge >= 0.3 is 0 Å². The van der Waals surface area contributed by atoms with Gasteiger partial charge in [-0.3, -0.25) is 14.9 Å². The van der Waals surface area contributed by atoms with Gasteiger partial charge in [0.25, 0.3) is 11.6 Å². The summed E-state index contributed by atoms with van der Waals surface area (Å²) in [6, 6.07) is 7.76. The third-order valence-corrected chi connectivity index (χ3v) is 4.79. The van der Waals surface area contributed by atoms with Gasteiger partial charge in [-0.15, -0.1) is 11.3 Å². The number of anilines is 1. The fourth-order valence-electron chi connectivity index (χ4n) is 2.29. The molecule has 25 heavy (non-hydrogen) atoms. The Balaban J connectivity index is 2.07. The first-order chi connectivity index (χ1) is 11.9. The molecule has 0 fully saturated rings. The summed E-state index contributed by atoms with van der Waals surface area (Å²) in [6.45, 7) is 5.01. The van der Waals surface area contributed by atoms with Gasteiger partial charge in [0.2, 0.25) is 0 Å². The van der Waals surface area contributed by atoms with Crippen LogP contribution in [0.3, 0.4) is 0 Å². The molecule has 1 heterocycles. The van der Waals surface area contributed by atoms with Crippen LogP contribution in [0.25, 0.3) is 0 Å². The highest BCUT2D eigenvalue weighted by Crippen LogP contribution is 2.27. The number of rotatable bonds is 8. The van der Waals surface area contributed by atoms with Crippen molar-refractivity contribution < 1.29 is 14.6 Å². The highest BCUT2D eigenvalue weighted by Gasteiger charge is 2.20. The predicted molar refractivity (Wildman–Crippen MR) is 101 cm³/mol. The summed E-state index contributed by atoms with van der Waals surface area (Å²) in [5.41, 5.74) is -0.118. The molecule has 1 amide bonds. The Bertz CT molecular complexity index is 795. The minimum absolute atomic E-state index is 0.0830. The van der Waals surface area contributed by atoms with Gasteiger partial charge in [-0.05, 0) is 30.3 Å². The van der Waals surface area contributed by atoms with Gasteiger partial charge in [0, 0.05) is 11.1 Å². The van der Waals surface area contributed by atoms with E-state index in [-0.39, 0.29) is 23.8 Å². The zero-order valence-electron chi connectivity index (χ0n) is 13.1.